The Hall–Kier alpha value is -1.77. The van der Waals surface area contributed by atoms with Crippen LogP contribution in [0.1, 0.15) is 44.4 Å². The number of aromatic nitrogens is 2. The van der Waals surface area contributed by atoms with Crippen LogP contribution in [0.25, 0.3) is 0 Å². The van der Waals surface area contributed by atoms with Gasteiger partial charge in [-0.2, -0.15) is 5.10 Å². The summed E-state index contributed by atoms with van der Waals surface area (Å²) in [4.78, 5) is 4.32. The lowest BCUT2D eigenvalue weighted by molar-refractivity contribution is 0.271. The largest absolute Gasteiger partial charge is 0.493 e. The predicted octanol–water partition coefficient (Wildman–Crippen LogP) is 3.93. The van der Waals surface area contributed by atoms with Crippen molar-refractivity contribution in [1.82, 2.24) is 20.4 Å². The van der Waals surface area contributed by atoms with Crippen molar-refractivity contribution in [3.8, 4) is 5.75 Å². The molecule has 1 unspecified atom stereocenters. The van der Waals surface area contributed by atoms with Crippen LogP contribution in [0.15, 0.2) is 41.7 Å². The van der Waals surface area contributed by atoms with E-state index in [1.807, 2.05) is 30.1 Å². The number of nitrogens with zero attached hydrogens (tertiary/aromatic N) is 3. The van der Waals surface area contributed by atoms with Crippen LogP contribution in [0.5, 0.6) is 5.75 Å². The molecule has 1 atom stereocenters. The summed E-state index contributed by atoms with van der Waals surface area (Å²) in [7, 11) is 3.74. The first-order valence-electron chi connectivity index (χ1n) is 9.65. The van der Waals surface area contributed by atoms with Crippen LogP contribution in [0.4, 0.5) is 0 Å². The fourth-order valence-corrected chi connectivity index (χ4v) is 2.70. The Balaban J connectivity index is 0.00000392. The fourth-order valence-electron chi connectivity index (χ4n) is 2.70. The minimum Gasteiger partial charge on any atom is -0.493 e. The standard InChI is InChI=1S/C21H33N5O.HI/c1-16(2)15-27-20-10-8-19(9-11-20)17(3)25-21(22-4)23-12-6-7-18-13-24-26(5)14-18;/h8-11,13-14,16-17H,6-7,12,15H2,1-5H3,(H2,22,23,25);1H. The fraction of sp³-hybridized carbons (Fsp3) is 0.524. The van der Waals surface area contributed by atoms with Crippen molar-refractivity contribution < 1.29 is 4.74 Å². The third-order valence-corrected chi connectivity index (χ3v) is 4.23. The van der Waals surface area contributed by atoms with Gasteiger partial charge in [-0.15, -0.1) is 24.0 Å². The van der Waals surface area contributed by atoms with Crippen molar-refractivity contribution in [3.63, 3.8) is 0 Å². The number of aryl methyl sites for hydroxylation is 2. The zero-order chi connectivity index (χ0) is 19.6. The molecule has 0 saturated carbocycles. The Morgan fingerprint density at radius 3 is 2.50 bits per heavy atom. The van der Waals surface area contributed by atoms with Gasteiger partial charge in [0.05, 0.1) is 18.8 Å². The molecular weight excluding hydrogens is 465 g/mol. The highest BCUT2D eigenvalue weighted by Crippen LogP contribution is 2.18. The Labute approximate surface area is 186 Å². The van der Waals surface area contributed by atoms with Crippen LogP contribution >= 0.6 is 24.0 Å². The lowest BCUT2D eigenvalue weighted by Crippen LogP contribution is -2.39. The zero-order valence-corrected chi connectivity index (χ0v) is 19.9. The number of aliphatic imine (C=N–C) groups is 1. The summed E-state index contributed by atoms with van der Waals surface area (Å²) in [5.41, 5.74) is 2.46. The van der Waals surface area contributed by atoms with Crippen LogP contribution < -0.4 is 15.4 Å². The lowest BCUT2D eigenvalue weighted by Gasteiger charge is -2.19. The third-order valence-electron chi connectivity index (χ3n) is 4.23. The second-order valence-electron chi connectivity index (χ2n) is 7.26. The molecule has 6 nitrogen and oxygen atoms in total. The van der Waals surface area contributed by atoms with Crippen molar-refractivity contribution >= 4 is 29.9 Å². The van der Waals surface area contributed by atoms with E-state index in [-0.39, 0.29) is 30.0 Å². The summed E-state index contributed by atoms with van der Waals surface area (Å²) < 4.78 is 7.58. The van der Waals surface area contributed by atoms with Crippen LogP contribution in [0.2, 0.25) is 0 Å². The number of hydrogen-bond acceptors (Lipinski definition) is 3. The lowest BCUT2D eigenvalue weighted by atomic mass is 10.1. The summed E-state index contributed by atoms with van der Waals surface area (Å²) in [6.45, 7) is 8.03. The van der Waals surface area contributed by atoms with Gasteiger partial charge < -0.3 is 15.4 Å². The minimum absolute atomic E-state index is 0. The molecule has 1 aromatic heterocycles. The van der Waals surface area contributed by atoms with E-state index in [2.05, 4.69) is 59.8 Å². The van der Waals surface area contributed by atoms with Gasteiger partial charge in [0.1, 0.15) is 5.75 Å². The van der Waals surface area contributed by atoms with E-state index in [1.54, 1.807) is 7.05 Å². The molecule has 2 N–H and O–H groups in total. The van der Waals surface area contributed by atoms with E-state index in [9.17, 15) is 0 Å². The molecule has 0 aliphatic carbocycles. The molecule has 1 aromatic carbocycles. The van der Waals surface area contributed by atoms with Crippen molar-refractivity contribution in [2.24, 2.45) is 18.0 Å². The number of nitrogens with one attached hydrogen (secondary N) is 2. The smallest absolute Gasteiger partial charge is 0.191 e. The summed E-state index contributed by atoms with van der Waals surface area (Å²) in [6.07, 6.45) is 6.02. The predicted molar refractivity (Wildman–Crippen MR) is 127 cm³/mol. The quantitative estimate of drug-likeness (QED) is 0.238. The molecule has 0 aliphatic heterocycles. The second kappa shape index (κ2) is 12.6. The molecule has 0 spiro atoms. The van der Waals surface area contributed by atoms with Gasteiger partial charge in [0.25, 0.3) is 0 Å². The van der Waals surface area contributed by atoms with Gasteiger partial charge in [-0.3, -0.25) is 9.67 Å². The third kappa shape index (κ3) is 8.50. The average Bonchev–Trinajstić information content (AvgIpc) is 3.07. The van der Waals surface area contributed by atoms with Crippen molar-refractivity contribution in [1.29, 1.82) is 0 Å². The van der Waals surface area contributed by atoms with Crippen molar-refractivity contribution in [3.05, 3.63) is 47.8 Å². The van der Waals surface area contributed by atoms with Gasteiger partial charge in [-0.05, 0) is 48.9 Å². The van der Waals surface area contributed by atoms with Crippen molar-refractivity contribution in [2.75, 3.05) is 20.2 Å². The number of guanidine groups is 1. The molecule has 7 heteroatoms. The average molecular weight is 499 g/mol. The van der Waals surface area contributed by atoms with Crippen LogP contribution in [-0.2, 0) is 13.5 Å². The summed E-state index contributed by atoms with van der Waals surface area (Å²) >= 11 is 0. The van der Waals surface area contributed by atoms with E-state index in [1.165, 1.54) is 11.1 Å². The molecule has 0 bridgehead atoms. The molecular formula is C21H34IN5O. The molecule has 1 heterocycles. The Morgan fingerprint density at radius 1 is 1.21 bits per heavy atom. The van der Waals surface area contributed by atoms with Crippen LogP contribution in [0, 0.1) is 5.92 Å². The van der Waals surface area contributed by atoms with Gasteiger partial charge in [0.2, 0.25) is 0 Å². The maximum Gasteiger partial charge on any atom is 0.191 e. The summed E-state index contributed by atoms with van der Waals surface area (Å²) in [5.74, 6) is 2.25. The highest BCUT2D eigenvalue weighted by atomic mass is 127. The monoisotopic (exact) mass is 499 g/mol. The van der Waals surface area contributed by atoms with Crippen molar-refractivity contribution in [2.45, 2.75) is 39.7 Å². The normalized spacial score (nSPS) is 12.4. The van der Waals surface area contributed by atoms with Gasteiger partial charge in [0.15, 0.2) is 5.96 Å². The van der Waals surface area contributed by atoms with Crippen LogP contribution in [0.3, 0.4) is 0 Å². The molecule has 2 aromatic rings. The van der Waals surface area contributed by atoms with Gasteiger partial charge in [0, 0.05) is 26.8 Å². The Morgan fingerprint density at radius 2 is 1.93 bits per heavy atom. The first-order chi connectivity index (χ1) is 13.0. The van der Waals surface area contributed by atoms with Gasteiger partial charge in [-0.25, -0.2) is 0 Å². The molecule has 0 saturated heterocycles. The molecule has 0 aliphatic rings. The Kier molecular flexibility index (Phi) is 11.0. The number of hydrogen-bond donors (Lipinski definition) is 2. The Bertz CT molecular complexity index is 712. The first kappa shape index (κ1) is 24.3. The van der Waals surface area contributed by atoms with E-state index in [0.717, 1.165) is 37.7 Å². The van der Waals surface area contributed by atoms with Crippen LogP contribution in [-0.4, -0.2) is 35.9 Å². The number of halogens is 1. The first-order valence-corrected chi connectivity index (χ1v) is 9.65. The molecule has 156 valence electrons. The molecule has 2 rings (SSSR count). The maximum absolute atomic E-state index is 5.75. The van der Waals surface area contributed by atoms with E-state index >= 15 is 0 Å². The van der Waals surface area contributed by atoms with Gasteiger partial charge in [-0.1, -0.05) is 26.0 Å². The molecule has 0 radical (unpaired) electrons. The number of benzene rings is 1. The highest BCUT2D eigenvalue weighted by Gasteiger charge is 2.08. The molecule has 0 fully saturated rings. The second-order valence-corrected chi connectivity index (χ2v) is 7.26. The highest BCUT2D eigenvalue weighted by molar-refractivity contribution is 14.0. The van der Waals surface area contributed by atoms with Gasteiger partial charge >= 0.3 is 0 Å². The number of rotatable bonds is 9. The maximum atomic E-state index is 5.75. The zero-order valence-electron chi connectivity index (χ0n) is 17.6. The topological polar surface area (TPSA) is 63.5 Å². The minimum atomic E-state index is 0. The summed E-state index contributed by atoms with van der Waals surface area (Å²) in [5, 5.41) is 11.0. The molecule has 0 amide bonds. The number of ether oxygens (including phenoxy) is 1. The SMILES string of the molecule is CN=C(NCCCc1cnn(C)c1)NC(C)c1ccc(OCC(C)C)cc1.I. The van der Waals surface area contributed by atoms with E-state index in [4.69, 9.17) is 4.74 Å². The van der Waals surface area contributed by atoms with E-state index < -0.39 is 0 Å². The molecule has 28 heavy (non-hydrogen) atoms. The summed E-state index contributed by atoms with van der Waals surface area (Å²) in [6, 6.07) is 8.42. The van der Waals surface area contributed by atoms with E-state index in [0.29, 0.717) is 5.92 Å².